The summed E-state index contributed by atoms with van der Waals surface area (Å²) in [6.07, 6.45) is 0. The average Bonchev–Trinajstić information content (AvgIpc) is 2.28. The van der Waals surface area contributed by atoms with Crippen LogP contribution in [-0.2, 0) is 0 Å². The molecule has 0 aliphatic carbocycles. The van der Waals surface area contributed by atoms with Crippen LogP contribution >= 0.6 is 24.0 Å². The number of nitro benzene ring substituents is 1. The predicted octanol–water partition coefficient (Wildman–Crippen LogP) is 2.31. The monoisotopic (exact) mass is 270 g/mol. The van der Waals surface area contributed by atoms with E-state index >= 15 is 0 Å². The fourth-order valence-electron chi connectivity index (χ4n) is 0.949. The number of hydrogen-bond acceptors (Lipinski definition) is 5. The molecule has 0 atom stereocenters. The summed E-state index contributed by atoms with van der Waals surface area (Å²) in [6.45, 7) is 0. The molecule has 0 amide bonds. The molecule has 0 bridgehead atoms. The quantitative estimate of drug-likeness (QED) is 0.467. The Labute approximate surface area is 108 Å². The molecule has 1 rings (SSSR count). The van der Waals surface area contributed by atoms with Gasteiger partial charge in [0.25, 0.3) is 5.69 Å². The summed E-state index contributed by atoms with van der Waals surface area (Å²) in [5.74, 6) is 0. The van der Waals surface area contributed by atoms with Gasteiger partial charge in [0.1, 0.15) is 4.32 Å². The van der Waals surface area contributed by atoms with E-state index in [1.54, 1.807) is 19.0 Å². The first-order chi connectivity index (χ1) is 7.91. The number of nitro groups is 1. The molecular formula is C10H10N2O3S2. The van der Waals surface area contributed by atoms with Gasteiger partial charge in [0.2, 0.25) is 5.12 Å². The molecule has 0 saturated heterocycles. The molecule has 0 unspecified atom stereocenters. The van der Waals surface area contributed by atoms with Crippen LogP contribution in [0.15, 0.2) is 24.3 Å². The Hall–Kier alpha value is -1.47. The average molecular weight is 270 g/mol. The van der Waals surface area contributed by atoms with Gasteiger partial charge in [0.15, 0.2) is 0 Å². The number of thioether (sulfide) groups is 1. The highest BCUT2D eigenvalue weighted by Gasteiger charge is 2.13. The highest BCUT2D eigenvalue weighted by atomic mass is 32.2. The molecule has 1 aromatic rings. The second kappa shape index (κ2) is 5.74. The summed E-state index contributed by atoms with van der Waals surface area (Å²) >= 11 is 5.90. The van der Waals surface area contributed by atoms with Crippen molar-refractivity contribution in [2.45, 2.75) is 0 Å². The summed E-state index contributed by atoms with van der Waals surface area (Å²) in [5, 5.41) is 10.2. The smallest absolute Gasteiger partial charge is 0.269 e. The van der Waals surface area contributed by atoms with Crippen molar-refractivity contribution >= 4 is 39.1 Å². The van der Waals surface area contributed by atoms with Crippen molar-refractivity contribution in [2.24, 2.45) is 0 Å². The zero-order valence-electron chi connectivity index (χ0n) is 9.25. The third-order valence-corrected chi connectivity index (χ3v) is 3.43. The molecule has 0 aromatic heterocycles. The van der Waals surface area contributed by atoms with Gasteiger partial charge in [-0.1, -0.05) is 12.2 Å². The van der Waals surface area contributed by atoms with Gasteiger partial charge >= 0.3 is 0 Å². The Morgan fingerprint density at radius 1 is 1.35 bits per heavy atom. The zero-order valence-corrected chi connectivity index (χ0v) is 10.9. The third kappa shape index (κ3) is 3.79. The van der Waals surface area contributed by atoms with E-state index < -0.39 is 4.92 Å². The standard InChI is InChI=1S/C10H10N2O3S2/c1-11(2)10(16)17-9(13)7-3-5-8(6-4-7)12(14)15/h3-6H,1-2H3. The molecule has 0 aliphatic rings. The van der Waals surface area contributed by atoms with Crippen molar-refractivity contribution in [3.63, 3.8) is 0 Å². The van der Waals surface area contributed by atoms with Gasteiger partial charge in [-0.05, 0) is 23.9 Å². The van der Waals surface area contributed by atoms with Gasteiger partial charge in [-0.25, -0.2) is 0 Å². The number of rotatable bonds is 2. The van der Waals surface area contributed by atoms with E-state index in [1.807, 2.05) is 0 Å². The van der Waals surface area contributed by atoms with Gasteiger partial charge in [0.05, 0.1) is 4.92 Å². The van der Waals surface area contributed by atoms with E-state index in [9.17, 15) is 14.9 Å². The maximum Gasteiger partial charge on any atom is 0.269 e. The number of carbonyl (C=O) groups excluding carboxylic acids is 1. The van der Waals surface area contributed by atoms with E-state index in [2.05, 4.69) is 0 Å². The first-order valence-corrected chi connectivity index (χ1v) is 5.82. The van der Waals surface area contributed by atoms with E-state index in [0.29, 0.717) is 9.88 Å². The van der Waals surface area contributed by atoms with Crippen molar-refractivity contribution < 1.29 is 9.72 Å². The fourth-order valence-corrected chi connectivity index (χ4v) is 1.77. The number of non-ortho nitro benzene ring substituents is 1. The van der Waals surface area contributed by atoms with Gasteiger partial charge in [-0.2, -0.15) is 0 Å². The molecule has 0 heterocycles. The van der Waals surface area contributed by atoms with Crippen molar-refractivity contribution in [3.05, 3.63) is 39.9 Å². The minimum Gasteiger partial charge on any atom is -0.363 e. The van der Waals surface area contributed by atoms with Gasteiger partial charge < -0.3 is 4.90 Å². The molecule has 17 heavy (non-hydrogen) atoms. The van der Waals surface area contributed by atoms with Gasteiger partial charge in [0, 0.05) is 31.8 Å². The lowest BCUT2D eigenvalue weighted by Crippen LogP contribution is -2.17. The number of carbonyl (C=O) groups is 1. The number of benzene rings is 1. The highest BCUT2D eigenvalue weighted by molar-refractivity contribution is 8.33. The first-order valence-electron chi connectivity index (χ1n) is 4.59. The molecular weight excluding hydrogens is 260 g/mol. The van der Waals surface area contributed by atoms with E-state index in [1.165, 1.54) is 24.3 Å². The molecule has 5 nitrogen and oxygen atoms in total. The van der Waals surface area contributed by atoms with Crippen LogP contribution in [0, 0.1) is 10.1 Å². The van der Waals surface area contributed by atoms with E-state index in [4.69, 9.17) is 12.2 Å². The minimum atomic E-state index is -0.508. The SMILES string of the molecule is CN(C)C(=S)SC(=O)c1ccc([N+](=O)[O-])cc1. The molecule has 1 aromatic carbocycles. The Morgan fingerprint density at radius 3 is 2.29 bits per heavy atom. The second-order valence-electron chi connectivity index (χ2n) is 3.35. The largest absolute Gasteiger partial charge is 0.363 e. The van der Waals surface area contributed by atoms with Crippen LogP contribution in [0.4, 0.5) is 5.69 Å². The van der Waals surface area contributed by atoms with Crippen LogP contribution in [-0.4, -0.2) is 33.4 Å². The minimum absolute atomic E-state index is 0.0401. The molecule has 0 fully saturated rings. The van der Waals surface area contributed by atoms with Crippen LogP contribution in [0.5, 0.6) is 0 Å². The Morgan fingerprint density at radius 2 is 1.88 bits per heavy atom. The maximum atomic E-state index is 11.7. The third-order valence-electron chi connectivity index (χ3n) is 1.86. The van der Waals surface area contributed by atoms with Gasteiger partial charge in [-0.3, -0.25) is 14.9 Å². The van der Waals surface area contributed by atoms with E-state index in [-0.39, 0.29) is 10.8 Å². The zero-order chi connectivity index (χ0) is 13.0. The van der Waals surface area contributed by atoms with Crippen LogP contribution in [0.2, 0.25) is 0 Å². The lowest BCUT2D eigenvalue weighted by molar-refractivity contribution is -0.384. The second-order valence-corrected chi connectivity index (χ2v) is 4.96. The fraction of sp³-hybridized carbons (Fsp3) is 0.200. The lowest BCUT2D eigenvalue weighted by Gasteiger charge is -2.11. The summed E-state index contributed by atoms with van der Waals surface area (Å²) in [7, 11) is 3.50. The number of thiocarbonyl (C=S) groups is 1. The number of nitrogens with zero attached hydrogens (tertiary/aromatic N) is 2. The summed E-state index contributed by atoms with van der Waals surface area (Å²) < 4.78 is 0.452. The molecule has 0 saturated carbocycles. The number of hydrogen-bond donors (Lipinski definition) is 0. The normalized spacial score (nSPS) is 9.76. The van der Waals surface area contributed by atoms with Gasteiger partial charge in [-0.15, -0.1) is 0 Å². The Kier molecular flexibility index (Phi) is 4.59. The van der Waals surface area contributed by atoms with Crippen molar-refractivity contribution in [1.29, 1.82) is 0 Å². The summed E-state index contributed by atoms with van der Waals surface area (Å²) in [4.78, 5) is 23.3. The molecule has 0 aliphatic heterocycles. The first kappa shape index (κ1) is 13.6. The molecule has 7 heteroatoms. The molecule has 90 valence electrons. The van der Waals surface area contributed by atoms with E-state index in [0.717, 1.165) is 11.8 Å². The van der Waals surface area contributed by atoms with Crippen LogP contribution in [0.1, 0.15) is 10.4 Å². The molecule has 0 N–H and O–H groups in total. The summed E-state index contributed by atoms with van der Waals surface area (Å²) in [5.41, 5.74) is 0.353. The molecule has 0 radical (unpaired) electrons. The van der Waals surface area contributed by atoms with Crippen molar-refractivity contribution in [2.75, 3.05) is 14.1 Å². The lowest BCUT2D eigenvalue weighted by atomic mass is 10.2. The highest BCUT2D eigenvalue weighted by Crippen LogP contribution is 2.18. The maximum absolute atomic E-state index is 11.7. The van der Waals surface area contributed by atoms with Crippen LogP contribution in [0.25, 0.3) is 0 Å². The molecule has 0 spiro atoms. The predicted molar refractivity (Wildman–Crippen MR) is 71.3 cm³/mol. The van der Waals surface area contributed by atoms with Crippen molar-refractivity contribution in [1.82, 2.24) is 4.90 Å². The Balaban J connectivity index is 2.77. The van der Waals surface area contributed by atoms with Crippen molar-refractivity contribution in [3.8, 4) is 0 Å². The van der Waals surface area contributed by atoms with Crippen LogP contribution < -0.4 is 0 Å². The summed E-state index contributed by atoms with van der Waals surface area (Å²) in [6, 6.07) is 5.44. The Bertz CT molecular complexity index is 457. The topological polar surface area (TPSA) is 63.5 Å². The van der Waals surface area contributed by atoms with Crippen LogP contribution in [0.3, 0.4) is 0 Å².